The Morgan fingerprint density at radius 1 is 1.47 bits per heavy atom. The quantitative estimate of drug-likeness (QED) is 0.840. The minimum atomic E-state index is -0.237. The van der Waals surface area contributed by atoms with Crippen molar-refractivity contribution in [3.05, 3.63) is 34.9 Å². The molecule has 0 amide bonds. The summed E-state index contributed by atoms with van der Waals surface area (Å²) in [5.41, 5.74) is 6.70. The van der Waals surface area contributed by atoms with Gasteiger partial charge in [-0.15, -0.1) is 0 Å². The molecule has 2 nitrogen and oxygen atoms in total. The monoisotopic (exact) mass is 225 g/mol. The maximum atomic E-state index is 5.87. The van der Waals surface area contributed by atoms with E-state index in [-0.39, 0.29) is 5.60 Å². The predicted molar refractivity (Wildman–Crippen MR) is 61.9 cm³/mol. The molecule has 0 saturated carbocycles. The predicted octanol–water partition coefficient (Wildman–Crippen LogP) is 2.55. The number of ether oxygens (including phenoxy) is 1. The van der Waals surface area contributed by atoms with Crippen LogP contribution in [0.4, 0.5) is 0 Å². The number of nitrogens with two attached hydrogens (primary N) is 1. The van der Waals surface area contributed by atoms with E-state index in [4.69, 9.17) is 22.1 Å². The molecule has 15 heavy (non-hydrogen) atoms. The molecule has 1 fully saturated rings. The van der Waals surface area contributed by atoms with Gasteiger partial charge < -0.3 is 10.5 Å². The molecule has 1 aliphatic rings. The lowest BCUT2D eigenvalue weighted by Gasteiger charge is -2.30. The van der Waals surface area contributed by atoms with Gasteiger partial charge in [-0.1, -0.05) is 23.7 Å². The van der Waals surface area contributed by atoms with Gasteiger partial charge >= 0.3 is 0 Å². The molecule has 0 aromatic heterocycles. The third kappa shape index (κ3) is 1.89. The fourth-order valence-corrected chi connectivity index (χ4v) is 2.38. The topological polar surface area (TPSA) is 35.2 Å². The van der Waals surface area contributed by atoms with Crippen molar-refractivity contribution in [2.75, 3.05) is 13.2 Å². The molecule has 0 aliphatic carbocycles. The molecule has 1 aromatic carbocycles. The first-order chi connectivity index (χ1) is 7.16. The van der Waals surface area contributed by atoms with Crippen molar-refractivity contribution >= 4 is 11.6 Å². The number of rotatable bonds is 2. The Morgan fingerprint density at radius 2 is 2.13 bits per heavy atom. The minimum Gasteiger partial charge on any atom is -0.370 e. The van der Waals surface area contributed by atoms with Crippen molar-refractivity contribution in [2.45, 2.75) is 18.9 Å². The molecule has 1 aromatic rings. The third-order valence-electron chi connectivity index (χ3n) is 3.35. The van der Waals surface area contributed by atoms with E-state index in [0.29, 0.717) is 12.5 Å². The van der Waals surface area contributed by atoms with Crippen molar-refractivity contribution in [2.24, 2.45) is 11.7 Å². The fraction of sp³-hybridized carbons (Fsp3) is 0.500. The highest BCUT2D eigenvalue weighted by molar-refractivity contribution is 6.30. The lowest BCUT2D eigenvalue weighted by Crippen LogP contribution is -2.33. The maximum Gasteiger partial charge on any atom is 0.0944 e. The Hall–Kier alpha value is -0.570. The van der Waals surface area contributed by atoms with Gasteiger partial charge in [0.1, 0.15) is 0 Å². The lowest BCUT2D eigenvalue weighted by molar-refractivity contribution is -0.00791. The summed E-state index contributed by atoms with van der Waals surface area (Å²) in [5.74, 6) is 0.402. The molecular weight excluding hydrogens is 210 g/mol. The average molecular weight is 226 g/mol. The summed E-state index contributed by atoms with van der Waals surface area (Å²) < 4.78 is 5.85. The van der Waals surface area contributed by atoms with Crippen LogP contribution >= 0.6 is 11.6 Å². The average Bonchev–Trinajstić information content (AvgIpc) is 2.61. The molecule has 2 atom stereocenters. The molecule has 3 heteroatoms. The molecule has 2 unspecified atom stereocenters. The van der Waals surface area contributed by atoms with Crippen LogP contribution in [0.2, 0.25) is 5.02 Å². The van der Waals surface area contributed by atoms with Gasteiger partial charge in [0.15, 0.2) is 0 Å². The van der Waals surface area contributed by atoms with Crippen LogP contribution in [-0.2, 0) is 10.3 Å². The van der Waals surface area contributed by atoms with E-state index in [0.717, 1.165) is 18.1 Å². The second-order valence-corrected chi connectivity index (χ2v) is 4.62. The van der Waals surface area contributed by atoms with Crippen LogP contribution in [0.5, 0.6) is 0 Å². The van der Waals surface area contributed by atoms with Gasteiger partial charge in [-0.2, -0.15) is 0 Å². The summed E-state index contributed by atoms with van der Waals surface area (Å²) in [4.78, 5) is 0. The Balaban J connectivity index is 2.32. The summed E-state index contributed by atoms with van der Waals surface area (Å²) in [7, 11) is 0. The summed E-state index contributed by atoms with van der Waals surface area (Å²) in [6.45, 7) is 3.57. The van der Waals surface area contributed by atoms with E-state index in [1.807, 2.05) is 24.3 Å². The van der Waals surface area contributed by atoms with Gasteiger partial charge in [0.2, 0.25) is 0 Å². The van der Waals surface area contributed by atoms with E-state index in [9.17, 15) is 0 Å². The van der Waals surface area contributed by atoms with Crippen molar-refractivity contribution in [1.29, 1.82) is 0 Å². The highest BCUT2D eigenvalue weighted by Gasteiger charge is 2.40. The maximum absolute atomic E-state index is 5.87. The number of hydrogen-bond donors (Lipinski definition) is 1. The standard InChI is InChI=1S/C12H16ClNO/c1-12(10(8-14)6-7-15-12)9-2-4-11(13)5-3-9/h2-5,10H,6-8,14H2,1H3. The molecule has 1 heterocycles. The fourth-order valence-electron chi connectivity index (χ4n) is 2.25. The van der Waals surface area contributed by atoms with E-state index in [1.54, 1.807) is 0 Å². The molecule has 0 radical (unpaired) electrons. The van der Waals surface area contributed by atoms with Crippen molar-refractivity contribution in [3.8, 4) is 0 Å². The van der Waals surface area contributed by atoms with Crippen LogP contribution in [0, 0.1) is 5.92 Å². The normalized spacial score (nSPS) is 30.7. The minimum absolute atomic E-state index is 0.237. The summed E-state index contributed by atoms with van der Waals surface area (Å²) in [5, 5.41) is 0.754. The molecule has 2 N–H and O–H groups in total. The molecule has 82 valence electrons. The summed E-state index contributed by atoms with van der Waals surface area (Å²) in [6, 6.07) is 7.85. The Morgan fingerprint density at radius 3 is 2.73 bits per heavy atom. The molecule has 2 rings (SSSR count). The van der Waals surface area contributed by atoms with E-state index in [2.05, 4.69) is 6.92 Å². The number of halogens is 1. The van der Waals surface area contributed by atoms with Gasteiger partial charge in [0.05, 0.1) is 5.60 Å². The molecular formula is C12H16ClNO. The first-order valence-electron chi connectivity index (χ1n) is 5.27. The second-order valence-electron chi connectivity index (χ2n) is 4.18. The molecule has 0 bridgehead atoms. The van der Waals surface area contributed by atoms with Crippen LogP contribution < -0.4 is 5.73 Å². The van der Waals surface area contributed by atoms with Gasteiger partial charge in [-0.3, -0.25) is 0 Å². The number of benzene rings is 1. The second kappa shape index (κ2) is 4.12. The highest BCUT2D eigenvalue weighted by Crippen LogP contribution is 2.40. The highest BCUT2D eigenvalue weighted by atomic mass is 35.5. The van der Waals surface area contributed by atoms with Crippen molar-refractivity contribution in [3.63, 3.8) is 0 Å². The SMILES string of the molecule is CC1(c2ccc(Cl)cc2)OCCC1CN. The Kier molecular flexibility index (Phi) is 3.01. The van der Waals surface area contributed by atoms with Crippen LogP contribution in [0.1, 0.15) is 18.9 Å². The van der Waals surface area contributed by atoms with Gasteiger partial charge in [0, 0.05) is 17.5 Å². The Bertz CT molecular complexity index is 338. The van der Waals surface area contributed by atoms with Gasteiger partial charge in [0.25, 0.3) is 0 Å². The molecule has 1 saturated heterocycles. The van der Waals surface area contributed by atoms with Crippen molar-refractivity contribution in [1.82, 2.24) is 0 Å². The first kappa shape index (κ1) is 10.9. The largest absolute Gasteiger partial charge is 0.370 e. The zero-order valence-corrected chi connectivity index (χ0v) is 9.63. The van der Waals surface area contributed by atoms with Gasteiger partial charge in [-0.25, -0.2) is 0 Å². The molecule has 0 spiro atoms. The van der Waals surface area contributed by atoms with Gasteiger partial charge in [-0.05, 0) is 37.6 Å². The zero-order chi connectivity index (χ0) is 10.9. The van der Waals surface area contributed by atoms with Crippen molar-refractivity contribution < 1.29 is 4.74 Å². The van der Waals surface area contributed by atoms with E-state index in [1.165, 1.54) is 5.56 Å². The first-order valence-corrected chi connectivity index (χ1v) is 5.64. The summed E-state index contributed by atoms with van der Waals surface area (Å²) in [6.07, 6.45) is 1.04. The summed E-state index contributed by atoms with van der Waals surface area (Å²) >= 11 is 5.87. The number of hydrogen-bond acceptors (Lipinski definition) is 2. The third-order valence-corrected chi connectivity index (χ3v) is 3.60. The van der Waals surface area contributed by atoms with Crippen LogP contribution in [0.15, 0.2) is 24.3 Å². The van der Waals surface area contributed by atoms with E-state index < -0.39 is 0 Å². The van der Waals surface area contributed by atoms with Crippen LogP contribution in [-0.4, -0.2) is 13.2 Å². The smallest absolute Gasteiger partial charge is 0.0944 e. The lowest BCUT2D eigenvalue weighted by atomic mass is 9.83. The Labute approximate surface area is 95.4 Å². The molecule has 1 aliphatic heterocycles. The van der Waals surface area contributed by atoms with Crippen LogP contribution in [0.3, 0.4) is 0 Å². The zero-order valence-electron chi connectivity index (χ0n) is 8.87. The van der Waals surface area contributed by atoms with E-state index >= 15 is 0 Å². The van der Waals surface area contributed by atoms with Crippen LogP contribution in [0.25, 0.3) is 0 Å².